The van der Waals surface area contributed by atoms with E-state index in [1.54, 1.807) is 39.0 Å². The highest BCUT2D eigenvalue weighted by Gasteiger charge is 2.75. The van der Waals surface area contributed by atoms with Crippen LogP contribution < -0.4 is 5.32 Å². The number of carbonyl (C=O) groups is 2. The standard InChI is InChI=1S/C29H36FNO5/c1-17-13-22-21-10-9-19-14-20(33)11-12-26(19,2)28(21,30)24(34)15-27(22,3)29(17,36)25(35)31-23(16-32)18-7-5-4-6-8-18/h4-8,11-12,14,17,21-24,32,34,36H,9-10,13,15-16H2,1-3H3,(H,31,35). The number of aliphatic hydroxyl groups excluding tert-OH is 2. The first-order valence-electron chi connectivity index (χ1n) is 12.9. The van der Waals surface area contributed by atoms with E-state index in [1.807, 2.05) is 18.2 Å². The zero-order chi connectivity index (χ0) is 26.1. The second-order valence-electron chi connectivity index (χ2n) is 11.8. The van der Waals surface area contributed by atoms with Gasteiger partial charge in [-0.2, -0.15) is 0 Å². The highest BCUT2D eigenvalue weighted by molar-refractivity contribution is 6.01. The predicted octanol–water partition coefficient (Wildman–Crippen LogP) is 3.18. The second kappa shape index (κ2) is 8.33. The molecule has 1 aromatic rings. The summed E-state index contributed by atoms with van der Waals surface area (Å²) in [4.78, 5) is 25.8. The molecule has 36 heavy (non-hydrogen) atoms. The number of fused-ring (bicyclic) bond motifs is 5. The Kier molecular flexibility index (Phi) is 5.86. The average molecular weight is 498 g/mol. The van der Waals surface area contributed by atoms with Crippen molar-refractivity contribution in [2.45, 2.75) is 69.9 Å². The average Bonchev–Trinajstić information content (AvgIpc) is 3.05. The molecule has 1 amide bonds. The molecule has 0 radical (unpaired) electrons. The van der Waals surface area contributed by atoms with Crippen LogP contribution in [0.2, 0.25) is 0 Å². The molecule has 0 aromatic heterocycles. The highest BCUT2D eigenvalue weighted by Crippen LogP contribution is 2.70. The van der Waals surface area contributed by atoms with Gasteiger partial charge in [0.25, 0.3) is 5.91 Å². The van der Waals surface area contributed by atoms with Crippen molar-refractivity contribution in [2.24, 2.45) is 28.6 Å². The van der Waals surface area contributed by atoms with Gasteiger partial charge in [-0.05, 0) is 62.2 Å². The summed E-state index contributed by atoms with van der Waals surface area (Å²) in [6, 6.07) is 8.36. The van der Waals surface area contributed by atoms with E-state index in [9.17, 15) is 24.9 Å². The number of halogens is 1. The second-order valence-corrected chi connectivity index (χ2v) is 11.8. The van der Waals surface area contributed by atoms with Crippen LogP contribution in [0.1, 0.15) is 58.1 Å². The molecule has 0 heterocycles. The number of amides is 1. The minimum Gasteiger partial charge on any atom is -0.394 e. The van der Waals surface area contributed by atoms with Gasteiger partial charge < -0.3 is 20.6 Å². The van der Waals surface area contributed by atoms with Crippen LogP contribution in [0.3, 0.4) is 0 Å². The molecular weight excluding hydrogens is 461 g/mol. The van der Waals surface area contributed by atoms with Gasteiger partial charge >= 0.3 is 0 Å². The maximum atomic E-state index is 17.3. The molecule has 4 aliphatic carbocycles. The lowest BCUT2D eigenvalue weighted by Crippen LogP contribution is -2.70. The lowest BCUT2D eigenvalue weighted by Gasteiger charge is -2.62. The SMILES string of the molecule is CC1CC2C3CCC4=CC(=O)C=CC4(C)C3(F)C(O)CC2(C)C1(O)C(=O)NC(CO)c1ccccc1. The maximum Gasteiger partial charge on any atom is 0.253 e. The monoisotopic (exact) mass is 497 g/mol. The Balaban J connectivity index is 1.50. The van der Waals surface area contributed by atoms with Crippen molar-refractivity contribution in [3.63, 3.8) is 0 Å². The number of ketones is 1. The van der Waals surface area contributed by atoms with Crippen LogP contribution in [0, 0.1) is 28.6 Å². The van der Waals surface area contributed by atoms with Crippen LogP contribution in [0.5, 0.6) is 0 Å². The number of nitrogens with one attached hydrogen (secondary N) is 1. The van der Waals surface area contributed by atoms with Gasteiger partial charge in [-0.1, -0.05) is 55.8 Å². The normalized spacial score (nSPS) is 44.2. The molecule has 7 heteroatoms. The number of hydrogen-bond acceptors (Lipinski definition) is 5. The number of benzene rings is 1. The first-order chi connectivity index (χ1) is 16.9. The predicted molar refractivity (Wildman–Crippen MR) is 132 cm³/mol. The fourth-order valence-electron chi connectivity index (χ4n) is 8.22. The number of alkyl halides is 1. The van der Waals surface area contributed by atoms with Crippen LogP contribution in [0.4, 0.5) is 4.39 Å². The zero-order valence-corrected chi connectivity index (χ0v) is 21.1. The van der Waals surface area contributed by atoms with E-state index in [4.69, 9.17) is 0 Å². The summed E-state index contributed by atoms with van der Waals surface area (Å²) in [5.74, 6) is -2.18. The summed E-state index contributed by atoms with van der Waals surface area (Å²) in [6.45, 7) is 5.02. The Morgan fingerprint density at radius 1 is 1.22 bits per heavy atom. The van der Waals surface area contributed by atoms with Gasteiger partial charge in [0.1, 0.15) is 0 Å². The van der Waals surface area contributed by atoms with Gasteiger partial charge in [0.2, 0.25) is 0 Å². The first-order valence-corrected chi connectivity index (χ1v) is 12.9. The summed E-state index contributed by atoms with van der Waals surface area (Å²) in [6.07, 6.45) is 4.38. The van der Waals surface area contributed by atoms with Gasteiger partial charge in [-0.15, -0.1) is 0 Å². The summed E-state index contributed by atoms with van der Waals surface area (Å²) < 4.78 is 17.3. The number of aliphatic hydroxyl groups is 3. The van der Waals surface area contributed by atoms with E-state index < -0.39 is 52.0 Å². The summed E-state index contributed by atoms with van der Waals surface area (Å²) in [5.41, 5.74) is -4.64. The number of carbonyl (C=O) groups excluding carboxylic acids is 2. The van der Waals surface area contributed by atoms with Crippen LogP contribution in [-0.4, -0.2) is 51.0 Å². The van der Waals surface area contributed by atoms with E-state index in [0.717, 1.165) is 0 Å². The summed E-state index contributed by atoms with van der Waals surface area (Å²) >= 11 is 0. The van der Waals surface area contributed by atoms with Gasteiger partial charge in [0, 0.05) is 16.7 Å². The number of hydrogen-bond donors (Lipinski definition) is 4. The zero-order valence-electron chi connectivity index (χ0n) is 21.1. The molecule has 9 atom stereocenters. The quantitative estimate of drug-likeness (QED) is 0.511. The van der Waals surface area contributed by atoms with E-state index in [0.29, 0.717) is 30.4 Å². The fraction of sp³-hybridized carbons (Fsp3) is 0.586. The largest absolute Gasteiger partial charge is 0.394 e. The van der Waals surface area contributed by atoms with Crippen LogP contribution >= 0.6 is 0 Å². The summed E-state index contributed by atoms with van der Waals surface area (Å²) in [5, 5.41) is 36.4. The smallest absolute Gasteiger partial charge is 0.253 e. The molecule has 3 saturated carbocycles. The van der Waals surface area contributed by atoms with Crippen molar-refractivity contribution in [2.75, 3.05) is 6.61 Å². The van der Waals surface area contributed by atoms with Crippen molar-refractivity contribution >= 4 is 11.7 Å². The lowest BCUT2D eigenvalue weighted by molar-refractivity contribution is -0.219. The van der Waals surface area contributed by atoms with E-state index in [-0.39, 0.29) is 24.7 Å². The van der Waals surface area contributed by atoms with E-state index in [2.05, 4.69) is 5.32 Å². The highest BCUT2D eigenvalue weighted by atomic mass is 19.1. The Morgan fingerprint density at radius 3 is 2.58 bits per heavy atom. The molecule has 5 rings (SSSR count). The molecule has 0 bridgehead atoms. The van der Waals surface area contributed by atoms with Gasteiger partial charge in [0.15, 0.2) is 17.1 Å². The van der Waals surface area contributed by atoms with Crippen molar-refractivity contribution < 1.29 is 29.3 Å². The van der Waals surface area contributed by atoms with Crippen molar-refractivity contribution in [3.05, 3.63) is 59.7 Å². The van der Waals surface area contributed by atoms with Gasteiger partial charge in [-0.25, -0.2) is 4.39 Å². The molecule has 6 nitrogen and oxygen atoms in total. The van der Waals surface area contributed by atoms with Crippen LogP contribution in [-0.2, 0) is 9.59 Å². The molecule has 4 N–H and O–H groups in total. The lowest BCUT2D eigenvalue weighted by atomic mass is 9.44. The van der Waals surface area contributed by atoms with Crippen LogP contribution in [0.15, 0.2) is 54.1 Å². The Morgan fingerprint density at radius 2 is 1.92 bits per heavy atom. The van der Waals surface area contributed by atoms with Crippen molar-refractivity contribution in [1.29, 1.82) is 0 Å². The number of rotatable bonds is 4. The molecule has 1 aromatic carbocycles. The third-order valence-corrected chi connectivity index (χ3v) is 10.3. The molecule has 9 unspecified atom stereocenters. The van der Waals surface area contributed by atoms with Crippen molar-refractivity contribution in [3.8, 4) is 0 Å². The molecule has 194 valence electrons. The molecule has 0 saturated heterocycles. The van der Waals surface area contributed by atoms with Gasteiger partial charge in [0.05, 0.1) is 18.8 Å². The third kappa shape index (κ3) is 3.12. The molecule has 0 aliphatic heterocycles. The Bertz CT molecular complexity index is 1140. The Labute approximate surface area is 211 Å². The fourth-order valence-corrected chi connectivity index (χ4v) is 8.22. The first kappa shape index (κ1) is 25.3. The minimum atomic E-state index is -2.02. The van der Waals surface area contributed by atoms with E-state index >= 15 is 4.39 Å². The van der Waals surface area contributed by atoms with Gasteiger partial charge in [-0.3, -0.25) is 9.59 Å². The molecule has 4 aliphatic rings. The topological polar surface area (TPSA) is 107 Å². The Hall–Kier alpha value is -2.35. The summed E-state index contributed by atoms with van der Waals surface area (Å²) in [7, 11) is 0. The van der Waals surface area contributed by atoms with Crippen molar-refractivity contribution in [1.82, 2.24) is 5.32 Å². The minimum absolute atomic E-state index is 0.0846. The molecule has 3 fully saturated rings. The molecule has 0 spiro atoms. The maximum absolute atomic E-state index is 17.3. The third-order valence-electron chi connectivity index (χ3n) is 10.3. The molecular formula is C29H36FNO5. The van der Waals surface area contributed by atoms with E-state index in [1.165, 1.54) is 12.2 Å². The number of allylic oxidation sites excluding steroid dienone is 4. The van der Waals surface area contributed by atoms with Crippen LogP contribution in [0.25, 0.3) is 0 Å².